The van der Waals surface area contributed by atoms with E-state index in [2.05, 4.69) is 21.5 Å². The first-order valence-corrected chi connectivity index (χ1v) is 9.24. The van der Waals surface area contributed by atoms with Gasteiger partial charge in [0.1, 0.15) is 5.75 Å². The number of nitrogen functional groups attached to an aromatic ring is 1. The molecule has 3 heterocycles. The number of pyridine rings is 1. The number of hydrogen-bond donors (Lipinski definition) is 2. The van der Waals surface area contributed by atoms with Crippen LogP contribution in [0.3, 0.4) is 0 Å². The summed E-state index contributed by atoms with van der Waals surface area (Å²) in [6, 6.07) is 17.8. The second-order valence-corrected chi connectivity index (χ2v) is 6.78. The van der Waals surface area contributed by atoms with Gasteiger partial charge in [0.05, 0.1) is 24.7 Å². The third-order valence-corrected chi connectivity index (χ3v) is 5.00. The van der Waals surface area contributed by atoms with Gasteiger partial charge >= 0.3 is 0 Å². The van der Waals surface area contributed by atoms with Crippen molar-refractivity contribution in [3.63, 3.8) is 0 Å². The molecule has 6 heteroatoms. The number of aromatic nitrogens is 3. The van der Waals surface area contributed by atoms with Crippen molar-refractivity contribution in [3.8, 4) is 17.0 Å². The molecule has 142 valence electrons. The quantitative estimate of drug-likeness (QED) is 0.531. The van der Waals surface area contributed by atoms with E-state index < -0.39 is 0 Å². The number of rotatable bonds is 3. The summed E-state index contributed by atoms with van der Waals surface area (Å²) in [6.07, 6.45) is 7.49. The van der Waals surface area contributed by atoms with E-state index >= 15 is 0 Å². The van der Waals surface area contributed by atoms with Gasteiger partial charge in [0.2, 0.25) is 0 Å². The Hall–Kier alpha value is -4.06. The highest BCUT2D eigenvalue weighted by Gasteiger charge is 2.16. The van der Waals surface area contributed by atoms with Crippen molar-refractivity contribution in [2.24, 2.45) is 0 Å². The normalized spacial score (nSPS) is 12.2. The van der Waals surface area contributed by atoms with Crippen LogP contribution in [0.15, 0.2) is 73.2 Å². The van der Waals surface area contributed by atoms with Gasteiger partial charge in [0.15, 0.2) is 5.82 Å². The molecule has 5 rings (SSSR count). The number of nitrogens with zero attached hydrogens (tertiary/aromatic N) is 3. The highest BCUT2D eigenvalue weighted by atomic mass is 16.5. The number of fused-ring (bicyclic) bond motifs is 2. The second kappa shape index (κ2) is 6.83. The summed E-state index contributed by atoms with van der Waals surface area (Å²) in [6.45, 7) is 0. The summed E-state index contributed by atoms with van der Waals surface area (Å²) in [4.78, 5) is 8.76. The minimum Gasteiger partial charge on any atom is -0.497 e. The Labute approximate surface area is 167 Å². The zero-order valence-electron chi connectivity index (χ0n) is 15.8. The van der Waals surface area contributed by atoms with Crippen LogP contribution in [0.2, 0.25) is 0 Å². The van der Waals surface area contributed by atoms with Crippen LogP contribution in [0.4, 0.5) is 5.69 Å². The second-order valence-electron chi connectivity index (χ2n) is 6.78. The molecule has 0 spiro atoms. The molecule has 29 heavy (non-hydrogen) atoms. The molecule has 2 aromatic heterocycles. The number of hydrogen-bond acceptors (Lipinski definition) is 5. The lowest BCUT2D eigenvalue weighted by Crippen LogP contribution is -2.30. The molecule has 0 aliphatic carbocycles. The molecule has 0 unspecified atom stereocenters. The Morgan fingerprint density at radius 2 is 1.76 bits per heavy atom. The predicted molar refractivity (Wildman–Crippen MR) is 114 cm³/mol. The number of methoxy groups -OCH3 is 1. The molecule has 2 aromatic carbocycles. The molecular formula is C23H19N5O. The maximum absolute atomic E-state index is 5.91. The summed E-state index contributed by atoms with van der Waals surface area (Å²) < 4.78 is 7.47. The lowest BCUT2D eigenvalue weighted by atomic mass is 10.1. The van der Waals surface area contributed by atoms with Gasteiger partial charge in [0, 0.05) is 34.4 Å². The largest absolute Gasteiger partial charge is 0.497 e. The van der Waals surface area contributed by atoms with Crippen molar-refractivity contribution in [1.29, 1.82) is 0 Å². The molecule has 0 radical (unpaired) electrons. The summed E-state index contributed by atoms with van der Waals surface area (Å²) in [5.74, 6) is 1.61. The molecule has 3 N–H and O–H groups in total. The van der Waals surface area contributed by atoms with Crippen LogP contribution in [0.1, 0.15) is 11.4 Å². The molecule has 0 bridgehead atoms. The molecule has 4 aromatic rings. The molecule has 0 saturated carbocycles. The summed E-state index contributed by atoms with van der Waals surface area (Å²) >= 11 is 0. The maximum atomic E-state index is 5.91. The van der Waals surface area contributed by atoms with Gasteiger partial charge in [0.25, 0.3) is 0 Å². The first-order chi connectivity index (χ1) is 14.2. The number of imidazole rings is 1. The number of benzene rings is 2. The van der Waals surface area contributed by atoms with Gasteiger partial charge in [-0.15, -0.1) is 0 Å². The van der Waals surface area contributed by atoms with Crippen molar-refractivity contribution < 1.29 is 4.74 Å². The molecule has 0 amide bonds. The van der Waals surface area contributed by atoms with Crippen molar-refractivity contribution in [2.75, 3.05) is 18.3 Å². The Balaban J connectivity index is 1.79. The lowest BCUT2D eigenvalue weighted by Gasteiger charge is -2.16. The van der Waals surface area contributed by atoms with Gasteiger partial charge in [-0.25, -0.2) is 9.66 Å². The van der Waals surface area contributed by atoms with Gasteiger partial charge < -0.3 is 10.5 Å². The summed E-state index contributed by atoms with van der Waals surface area (Å²) in [5.41, 5.74) is 14.1. The van der Waals surface area contributed by atoms with Crippen molar-refractivity contribution in [2.45, 2.75) is 0 Å². The lowest BCUT2D eigenvalue weighted by molar-refractivity contribution is 0.414. The first-order valence-electron chi connectivity index (χ1n) is 9.24. The Morgan fingerprint density at radius 1 is 0.966 bits per heavy atom. The molecule has 0 atom stereocenters. The SMILES string of the molecule is COc1ccc2c(c1)=C(c1ccc(N)cc1)Nn1c(-c3ccncc3)cnc1C=2. The number of ether oxygens (including phenoxy) is 1. The fourth-order valence-electron chi connectivity index (χ4n) is 3.50. The minimum absolute atomic E-state index is 0.723. The zero-order valence-corrected chi connectivity index (χ0v) is 15.8. The molecular weight excluding hydrogens is 362 g/mol. The van der Waals surface area contributed by atoms with Crippen molar-refractivity contribution in [1.82, 2.24) is 14.6 Å². The van der Waals surface area contributed by atoms with E-state index in [1.54, 1.807) is 19.5 Å². The topological polar surface area (TPSA) is 78.0 Å². The van der Waals surface area contributed by atoms with Crippen LogP contribution in [0, 0.1) is 0 Å². The third kappa shape index (κ3) is 3.00. The van der Waals surface area contributed by atoms with Gasteiger partial charge in [-0.2, -0.15) is 0 Å². The third-order valence-electron chi connectivity index (χ3n) is 5.00. The Bertz CT molecular complexity index is 1310. The van der Waals surface area contributed by atoms with Crippen molar-refractivity contribution in [3.05, 3.63) is 95.0 Å². The van der Waals surface area contributed by atoms with Crippen LogP contribution in [-0.4, -0.2) is 21.8 Å². The van der Waals surface area contributed by atoms with E-state index in [4.69, 9.17) is 10.5 Å². The van der Waals surface area contributed by atoms with E-state index in [0.717, 1.165) is 50.2 Å². The van der Waals surface area contributed by atoms with E-state index in [1.165, 1.54) is 0 Å². The van der Waals surface area contributed by atoms with E-state index in [1.807, 2.05) is 65.5 Å². The number of nitrogens with two attached hydrogens (primary N) is 1. The Morgan fingerprint density at radius 3 is 2.52 bits per heavy atom. The van der Waals surface area contributed by atoms with Crippen molar-refractivity contribution >= 4 is 17.5 Å². The van der Waals surface area contributed by atoms with Crippen LogP contribution >= 0.6 is 0 Å². The number of anilines is 1. The first kappa shape index (κ1) is 17.1. The highest BCUT2D eigenvalue weighted by Crippen LogP contribution is 2.22. The highest BCUT2D eigenvalue weighted by molar-refractivity contribution is 5.74. The van der Waals surface area contributed by atoms with E-state index in [9.17, 15) is 0 Å². The standard InChI is InChI=1S/C23H19N5O/c1-29-19-7-4-17-12-22-26-14-21(15-8-10-25-11-9-15)28(22)27-23(20(17)13-19)16-2-5-18(24)6-3-16/h2-14,27H,24H2,1H3. The monoisotopic (exact) mass is 381 g/mol. The molecule has 1 aliphatic rings. The fourth-order valence-corrected chi connectivity index (χ4v) is 3.50. The maximum Gasteiger partial charge on any atom is 0.152 e. The predicted octanol–water partition coefficient (Wildman–Crippen LogP) is 2.08. The number of nitrogens with one attached hydrogen (secondary N) is 1. The van der Waals surface area contributed by atoms with Crippen LogP contribution in [0.25, 0.3) is 23.0 Å². The van der Waals surface area contributed by atoms with Crippen LogP contribution < -0.4 is 26.3 Å². The van der Waals surface area contributed by atoms with E-state index in [-0.39, 0.29) is 0 Å². The summed E-state index contributed by atoms with van der Waals surface area (Å²) in [5, 5.41) is 2.08. The smallest absolute Gasteiger partial charge is 0.152 e. The average Bonchev–Trinajstić information content (AvgIpc) is 3.08. The van der Waals surface area contributed by atoms with Gasteiger partial charge in [-0.1, -0.05) is 18.2 Å². The zero-order chi connectivity index (χ0) is 19.8. The Kier molecular flexibility index (Phi) is 4.02. The molecule has 1 aliphatic heterocycles. The van der Waals surface area contributed by atoms with Gasteiger partial charge in [-0.3, -0.25) is 10.4 Å². The van der Waals surface area contributed by atoms with Crippen LogP contribution in [0.5, 0.6) is 5.75 Å². The van der Waals surface area contributed by atoms with Crippen LogP contribution in [-0.2, 0) is 0 Å². The molecule has 0 saturated heterocycles. The average molecular weight is 381 g/mol. The van der Waals surface area contributed by atoms with E-state index in [0.29, 0.717) is 0 Å². The molecule has 6 nitrogen and oxygen atoms in total. The fraction of sp³-hybridized carbons (Fsp3) is 0.0435. The minimum atomic E-state index is 0.723. The molecule has 0 fully saturated rings. The summed E-state index contributed by atoms with van der Waals surface area (Å²) in [7, 11) is 1.67. The van der Waals surface area contributed by atoms with Gasteiger partial charge in [-0.05, 0) is 47.7 Å².